The number of amides is 1. The fourth-order valence-corrected chi connectivity index (χ4v) is 2.92. The molecule has 2 rings (SSSR count). The molecule has 0 spiro atoms. The lowest BCUT2D eigenvalue weighted by atomic mass is 10.0. The van der Waals surface area contributed by atoms with Crippen molar-refractivity contribution < 1.29 is 9.53 Å². The first-order chi connectivity index (χ1) is 10.4. The summed E-state index contributed by atoms with van der Waals surface area (Å²) in [6.07, 6.45) is 3.23. The molecule has 0 aromatic heterocycles. The van der Waals surface area contributed by atoms with Crippen LogP contribution in [0.4, 0.5) is 4.79 Å². The third kappa shape index (κ3) is 5.68. The number of carbonyl (C=O) groups is 1. The highest BCUT2D eigenvalue weighted by atomic mass is 16.6. The van der Waals surface area contributed by atoms with E-state index >= 15 is 0 Å². The van der Waals surface area contributed by atoms with E-state index in [0.29, 0.717) is 18.5 Å². The summed E-state index contributed by atoms with van der Waals surface area (Å²) in [5.41, 5.74) is 0.860. The first-order valence-corrected chi connectivity index (χ1v) is 8.18. The van der Waals surface area contributed by atoms with E-state index in [-0.39, 0.29) is 6.09 Å². The molecule has 1 aromatic carbocycles. The molecule has 1 saturated carbocycles. The highest BCUT2D eigenvalue weighted by molar-refractivity contribution is 5.67. The van der Waals surface area contributed by atoms with Crippen molar-refractivity contribution in [3.05, 3.63) is 35.9 Å². The minimum atomic E-state index is -0.440. The molecule has 122 valence electrons. The Balaban J connectivity index is 1.75. The van der Waals surface area contributed by atoms with Crippen molar-refractivity contribution >= 4 is 6.09 Å². The zero-order chi connectivity index (χ0) is 16.0. The van der Waals surface area contributed by atoms with Crippen molar-refractivity contribution in [2.75, 3.05) is 6.54 Å². The molecule has 2 atom stereocenters. The van der Waals surface area contributed by atoms with Gasteiger partial charge in [-0.3, -0.25) is 0 Å². The topological polar surface area (TPSA) is 50.4 Å². The minimum Gasteiger partial charge on any atom is -0.444 e. The van der Waals surface area contributed by atoms with E-state index in [1.54, 1.807) is 0 Å². The molecular formula is C18H28N2O2. The van der Waals surface area contributed by atoms with E-state index in [4.69, 9.17) is 4.74 Å². The summed E-state index contributed by atoms with van der Waals surface area (Å²) in [4.78, 5) is 11.7. The summed E-state index contributed by atoms with van der Waals surface area (Å²) < 4.78 is 5.29. The molecule has 0 heterocycles. The summed E-state index contributed by atoms with van der Waals surface area (Å²) >= 11 is 0. The van der Waals surface area contributed by atoms with Gasteiger partial charge < -0.3 is 15.4 Å². The van der Waals surface area contributed by atoms with Crippen LogP contribution in [0, 0.1) is 5.92 Å². The summed E-state index contributed by atoms with van der Waals surface area (Å²) in [6, 6.07) is 10.9. The molecule has 22 heavy (non-hydrogen) atoms. The van der Waals surface area contributed by atoms with Crippen molar-refractivity contribution in [3.63, 3.8) is 0 Å². The maximum atomic E-state index is 11.7. The molecule has 1 fully saturated rings. The predicted octanol–water partition coefficient (Wildman–Crippen LogP) is 3.47. The molecular weight excluding hydrogens is 276 g/mol. The van der Waals surface area contributed by atoms with Gasteiger partial charge in [0, 0.05) is 19.1 Å². The highest BCUT2D eigenvalue weighted by Gasteiger charge is 2.27. The molecule has 2 unspecified atom stereocenters. The second-order valence-electron chi connectivity index (χ2n) is 7.05. The molecule has 0 aliphatic heterocycles. The van der Waals surface area contributed by atoms with E-state index in [0.717, 1.165) is 13.0 Å². The summed E-state index contributed by atoms with van der Waals surface area (Å²) in [5, 5.41) is 6.54. The summed E-state index contributed by atoms with van der Waals surface area (Å²) in [6.45, 7) is 7.21. The molecule has 4 nitrogen and oxygen atoms in total. The van der Waals surface area contributed by atoms with Crippen LogP contribution in [-0.2, 0) is 11.3 Å². The van der Waals surface area contributed by atoms with E-state index in [2.05, 4.69) is 34.9 Å². The smallest absolute Gasteiger partial charge is 0.407 e. The normalized spacial score (nSPS) is 21.6. The van der Waals surface area contributed by atoms with Crippen LogP contribution in [0.5, 0.6) is 0 Å². The Labute approximate surface area is 133 Å². The number of alkyl carbamates (subject to hydrolysis) is 1. The van der Waals surface area contributed by atoms with Crippen LogP contribution < -0.4 is 10.6 Å². The van der Waals surface area contributed by atoms with Crippen molar-refractivity contribution in [2.45, 2.75) is 58.2 Å². The van der Waals surface area contributed by atoms with Crippen LogP contribution in [0.2, 0.25) is 0 Å². The van der Waals surface area contributed by atoms with Gasteiger partial charge in [0.1, 0.15) is 5.60 Å². The van der Waals surface area contributed by atoms with E-state index < -0.39 is 5.60 Å². The third-order valence-electron chi connectivity index (χ3n) is 3.98. The molecule has 0 bridgehead atoms. The van der Waals surface area contributed by atoms with Gasteiger partial charge in [-0.15, -0.1) is 0 Å². The van der Waals surface area contributed by atoms with Crippen LogP contribution in [-0.4, -0.2) is 24.3 Å². The van der Waals surface area contributed by atoms with Crippen molar-refractivity contribution in [1.29, 1.82) is 0 Å². The standard InChI is InChI=1S/C18H28N2O2/c1-18(2,3)22-17(21)20-13-15-10-7-11-16(15)19-12-14-8-5-4-6-9-14/h4-6,8-9,15-16,19H,7,10-13H2,1-3H3,(H,20,21). The third-order valence-corrected chi connectivity index (χ3v) is 3.98. The molecule has 0 radical (unpaired) electrons. The number of benzene rings is 1. The number of nitrogens with one attached hydrogen (secondary N) is 2. The first kappa shape index (κ1) is 16.8. The molecule has 4 heteroatoms. The van der Waals surface area contributed by atoms with Gasteiger partial charge in [-0.25, -0.2) is 4.79 Å². The van der Waals surface area contributed by atoms with Crippen LogP contribution in [0.1, 0.15) is 45.6 Å². The second-order valence-corrected chi connectivity index (χ2v) is 7.05. The molecule has 1 amide bonds. The number of ether oxygens (including phenoxy) is 1. The van der Waals surface area contributed by atoms with Crippen molar-refractivity contribution in [1.82, 2.24) is 10.6 Å². The van der Waals surface area contributed by atoms with Gasteiger partial charge in [-0.2, -0.15) is 0 Å². The van der Waals surface area contributed by atoms with Gasteiger partial charge in [0.25, 0.3) is 0 Å². The maximum absolute atomic E-state index is 11.7. The summed E-state index contributed by atoms with van der Waals surface area (Å²) in [5.74, 6) is 0.483. The number of rotatable bonds is 5. The zero-order valence-corrected chi connectivity index (χ0v) is 13.9. The predicted molar refractivity (Wildman–Crippen MR) is 88.6 cm³/mol. The number of carbonyl (C=O) groups excluding carboxylic acids is 1. The fourth-order valence-electron chi connectivity index (χ4n) is 2.92. The van der Waals surface area contributed by atoms with Crippen LogP contribution in [0.25, 0.3) is 0 Å². The highest BCUT2D eigenvalue weighted by Crippen LogP contribution is 2.25. The van der Waals surface area contributed by atoms with E-state index in [1.807, 2.05) is 26.8 Å². The Morgan fingerprint density at radius 1 is 1.23 bits per heavy atom. The Morgan fingerprint density at radius 3 is 2.64 bits per heavy atom. The average Bonchev–Trinajstić information content (AvgIpc) is 2.90. The Morgan fingerprint density at radius 2 is 1.95 bits per heavy atom. The quantitative estimate of drug-likeness (QED) is 0.876. The van der Waals surface area contributed by atoms with E-state index in [9.17, 15) is 4.79 Å². The lowest BCUT2D eigenvalue weighted by molar-refractivity contribution is 0.0517. The Kier molecular flexibility index (Phi) is 5.83. The van der Waals surface area contributed by atoms with Gasteiger partial charge in [-0.1, -0.05) is 36.8 Å². The minimum absolute atomic E-state index is 0.318. The number of hydrogen-bond donors (Lipinski definition) is 2. The molecule has 0 saturated heterocycles. The monoisotopic (exact) mass is 304 g/mol. The lowest BCUT2D eigenvalue weighted by Gasteiger charge is -2.23. The maximum Gasteiger partial charge on any atom is 0.407 e. The first-order valence-electron chi connectivity index (χ1n) is 8.18. The Hall–Kier alpha value is -1.55. The summed E-state index contributed by atoms with van der Waals surface area (Å²) in [7, 11) is 0. The molecule has 1 aromatic rings. The molecule has 1 aliphatic rings. The average molecular weight is 304 g/mol. The second kappa shape index (κ2) is 7.63. The van der Waals surface area contributed by atoms with Gasteiger partial charge in [0.2, 0.25) is 0 Å². The van der Waals surface area contributed by atoms with Gasteiger partial charge in [0.05, 0.1) is 0 Å². The SMILES string of the molecule is CC(C)(C)OC(=O)NCC1CCCC1NCc1ccccc1. The van der Waals surface area contributed by atoms with Gasteiger partial charge >= 0.3 is 6.09 Å². The fraction of sp³-hybridized carbons (Fsp3) is 0.611. The van der Waals surface area contributed by atoms with Crippen LogP contribution >= 0.6 is 0 Å². The lowest BCUT2D eigenvalue weighted by Crippen LogP contribution is -2.40. The number of hydrogen-bond acceptors (Lipinski definition) is 3. The van der Waals surface area contributed by atoms with Crippen LogP contribution in [0.3, 0.4) is 0 Å². The molecule has 2 N–H and O–H groups in total. The Bertz CT molecular complexity index is 468. The molecule has 1 aliphatic carbocycles. The van der Waals surface area contributed by atoms with Gasteiger partial charge in [-0.05, 0) is 45.1 Å². The largest absolute Gasteiger partial charge is 0.444 e. The van der Waals surface area contributed by atoms with Crippen molar-refractivity contribution in [3.8, 4) is 0 Å². The van der Waals surface area contributed by atoms with Crippen molar-refractivity contribution in [2.24, 2.45) is 5.92 Å². The zero-order valence-electron chi connectivity index (χ0n) is 13.9. The van der Waals surface area contributed by atoms with E-state index in [1.165, 1.54) is 18.4 Å². The van der Waals surface area contributed by atoms with Gasteiger partial charge in [0.15, 0.2) is 0 Å². The van der Waals surface area contributed by atoms with Crippen LogP contribution in [0.15, 0.2) is 30.3 Å².